The minimum absolute atomic E-state index is 0. The summed E-state index contributed by atoms with van der Waals surface area (Å²) in [6.07, 6.45) is 4.30. The number of nitrogens with one attached hydrogen (secondary N) is 2. The Hall–Kier alpha value is -0.0600. The molecular weight excluding hydrogens is 281 g/mol. The number of hydrogen-bond acceptors (Lipinski definition) is 3. The van der Waals surface area contributed by atoms with E-state index in [2.05, 4.69) is 21.7 Å². The first-order chi connectivity index (χ1) is 6.95. The Kier molecular flexibility index (Phi) is 12.5. The SMILES string of the molecule is Cl.Cl.Cl.c1ccc(CNC2CCNCC2)nc1. The molecule has 100 valence electrons. The van der Waals surface area contributed by atoms with Crippen LogP contribution in [0.25, 0.3) is 0 Å². The smallest absolute Gasteiger partial charge is 0.0541 e. The summed E-state index contributed by atoms with van der Waals surface area (Å²) in [5, 5.41) is 6.89. The second kappa shape index (κ2) is 11.1. The summed E-state index contributed by atoms with van der Waals surface area (Å²) in [4.78, 5) is 4.29. The van der Waals surface area contributed by atoms with E-state index in [1.54, 1.807) is 0 Å². The largest absolute Gasteiger partial charge is 0.317 e. The van der Waals surface area contributed by atoms with Crippen LogP contribution in [0.15, 0.2) is 24.4 Å². The molecule has 0 unspecified atom stereocenters. The summed E-state index contributed by atoms with van der Waals surface area (Å²) in [6, 6.07) is 6.72. The molecule has 0 aromatic carbocycles. The molecule has 0 atom stereocenters. The first-order valence-electron chi connectivity index (χ1n) is 5.29. The molecule has 0 amide bonds. The topological polar surface area (TPSA) is 37.0 Å². The molecule has 1 aromatic rings. The first-order valence-corrected chi connectivity index (χ1v) is 5.29. The van der Waals surface area contributed by atoms with Crippen LogP contribution in [0, 0.1) is 0 Å². The van der Waals surface area contributed by atoms with Gasteiger partial charge in [0.05, 0.1) is 5.69 Å². The second-order valence-corrected chi connectivity index (χ2v) is 3.73. The predicted octanol–water partition coefficient (Wildman–Crippen LogP) is 2.19. The van der Waals surface area contributed by atoms with Crippen molar-refractivity contribution in [2.75, 3.05) is 13.1 Å². The maximum absolute atomic E-state index is 4.29. The highest BCUT2D eigenvalue weighted by Gasteiger charge is 2.11. The van der Waals surface area contributed by atoms with Gasteiger partial charge in [-0.15, -0.1) is 37.2 Å². The van der Waals surface area contributed by atoms with Crippen LogP contribution in [0.1, 0.15) is 18.5 Å². The van der Waals surface area contributed by atoms with Crippen molar-refractivity contribution in [3.05, 3.63) is 30.1 Å². The van der Waals surface area contributed by atoms with Crippen LogP contribution in [0.4, 0.5) is 0 Å². The molecule has 0 saturated carbocycles. The quantitative estimate of drug-likeness (QED) is 0.898. The van der Waals surface area contributed by atoms with Crippen molar-refractivity contribution in [3.8, 4) is 0 Å². The van der Waals surface area contributed by atoms with E-state index in [0.717, 1.165) is 25.3 Å². The zero-order valence-corrected chi connectivity index (χ0v) is 12.0. The highest BCUT2D eigenvalue weighted by atomic mass is 35.5. The molecule has 1 aliphatic rings. The Morgan fingerprint density at radius 1 is 1.18 bits per heavy atom. The molecule has 0 radical (unpaired) electrons. The average molecular weight is 301 g/mol. The molecule has 3 nitrogen and oxygen atoms in total. The summed E-state index contributed by atoms with van der Waals surface area (Å²) in [6.45, 7) is 3.17. The lowest BCUT2D eigenvalue weighted by atomic mass is 10.1. The summed E-state index contributed by atoms with van der Waals surface area (Å²) in [5.41, 5.74) is 1.13. The van der Waals surface area contributed by atoms with Crippen molar-refractivity contribution >= 4 is 37.2 Å². The lowest BCUT2D eigenvalue weighted by molar-refractivity contribution is 0.385. The van der Waals surface area contributed by atoms with E-state index in [1.165, 1.54) is 12.8 Å². The maximum atomic E-state index is 4.29. The fraction of sp³-hybridized carbons (Fsp3) is 0.545. The van der Waals surface area contributed by atoms with E-state index in [-0.39, 0.29) is 37.2 Å². The van der Waals surface area contributed by atoms with Gasteiger partial charge in [-0.3, -0.25) is 4.98 Å². The van der Waals surface area contributed by atoms with Crippen LogP contribution in [-0.2, 0) is 6.54 Å². The molecule has 0 spiro atoms. The van der Waals surface area contributed by atoms with Crippen LogP contribution in [0.2, 0.25) is 0 Å². The molecule has 1 aromatic heterocycles. The van der Waals surface area contributed by atoms with Gasteiger partial charge in [0.25, 0.3) is 0 Å². The summed E-state index contributed by atoms with van der Waals surface area (Å²) >= 11 is 0. The number of rotatable bonds is 3. The Morgan fingerprint density at radius 3 is 2.47 bits per heavy atom. The zero-order valence-electron chi connectivity index (χ0n) is 9.59. The van der Waals surface area contributed by atoms with Gasteiger partial charge in [-0.2, -0.15) is 0 Å². The molecule has 2 rings (SSSR count). The minimum atomic E-state index is 0. The third kappa shape index (κ3) is 7.06. The van der Waals surface area contributed by atoms with Gasteiger partial charge in [0, 0.05) is 18.8 Å². The van der Waals surface area contributed by atoms with Crippen molar-refractivity contribution in [1.29, 1.82) is 0 Å². The van der Waals surface area contributed by atoms with Crippen LogP contribution >= 0.6 is 37.2 Å². The highest BCUT2D eigenvalue weighted by Crippen LogP contribution is 2.03. The zero-order chi connectivity index (χ0) is 9.64. The third-order valence-electron chi connectivity index (χ3n) is 2.64. The number of piperidine rings is 1. The van der Waals surface area contributed by atoms with Crippen LogP contribution in [-0.4, -0.2) is 24.1 Å². The number of nitrogens with zero attached hydrogens (tertiary/aromatic N) is 1. The van der Waals surface area contributed by atoms with Gasteiger partial charge < -0.3 is 10.6 Å². The lowest BCUT2D eigenvalue weighted by Crippen LogP contribution is -2.39. The Bertz CT molecular complexity index is 266. The van der Waals surface area contributed by atoms with Gasteiger partial charge in [0.15, 0.2) is 0 Å². The van der Waals surface area contributed by atoms with Crippen molar-refractivity contribution in [3.63, 3.8) is 0 Å². The Balaban J connectivity index is 0. The first kappa shape index (κ1) is 19.3. The Labute approximate surface area is 121 Å². The van der Waals surface area contributed by atoms with E-state index in [9.17, 15) is 0 Å². The highest BCUT2D eigenvalue weighted by molar-refractivity contribution is 5.86. The molecule has 0 bridgehead atoms. The van der Waals surface area contributed by atoms with E-state index in [4.69, 9.17) is 0 Å². The van der Waals surface area contributed by atoms with Gasteiger partial charge in [-0.25, -0.2) is 0 Å². The van der Waals surface area contributed by atoms with Crippen LogP contribution in [0.5, 0.6) is 0 Å². The summed E-state index contributed by atoms with van der Waals surface area (Å²) in [7, 11) is 0. The molecule has 1 fully saturated rings. The van der Waals surface area contributed by atoms with E-state index >= 15 is 0 Å². The molecule has 1 saturated heterocycles. The maximum Gasteiger partial charge on any atom is 0.0541 e. The molecule has 6 heteroatoms. The molecular formula is C11H20Cl3N3. The molecule has 2 N–H and O–H groups in total. The fourth-order valence-corrected chi connectivity index (χ4v) is 1.78. The molecule has 2 heterocycles. The normalized spacial score (nSPS) is 15.1. The van der Waals surface area contributed by atoms with Gasteiger partial charge in [-0.05, 0) is 38.1 Å². The molecule has 17 heavy (non-hydrogen) atoms. The standard InChI is InChI=1S/C11H17N3.3ClH/c1-2-6-13-11(3-1)9-14-10-4-7-12-8-5-10;;;/h1-3,6,10,12,14H,4-5,7-9H2;3*1H. The van der Waals surface area contributed by atoms with Gasteiger partial charge in [-0.1, -0.05) is 6.07 Å². The number of halogens is 3. The van der Waals surface area contributed by atoms with Gasteiger partial charge >= 0.3 is 0 Å². The number of aromatic nitrogens is 1. The molecule has 1 aliphatic heterocycles. The Morgan fingerprint density at radius 2 is 1.88 bits per heavy atom. The van der Waals surface area contributed by atoms with E-state index in [0.29, 0.717) is 6.04 Å². The van der Waals surface area contributed by atoms with Crippen molar-refractivity contribution in [2.24, 2.45) is 0 Å². The lowest BCUT2D eigenvalue weighted by Gasteiger charge is -2.23. The minimum Gasteiger partial charge on any atom is -0.317 e. The summed E-state index contributed by atoms with van der Waals surface area (Å²) < 4.78 is 0. The number of pyridine rings is 1. The second-order valence-electron chi connectivity index (χ2n) is 3.73. The van der Waals surface area contributed by atoms with E-state index < -0.39 is 0 Å². The van der Waals surface area contributed by atoms with Crippen molar-refractivity contribution < 1.29 is 0 Å². The fourth-order valence-electron chi connectivity index (χ4n) is 1.78. The van der Waals surface area contributed by atoms with Gasteiger partial charge in [0.2, 0.25) is 0 Å². The van der Waals surface area contributed by atoms with Crippen LogP contribution in [0.3, 0.4) is 0 Å². The average Bonchev–Trinajstić information content (AvgIpc) is 2.29. The van der Waals surface area contributed by atoms with Crippen LogP contribution < -0.4 is 10.6 Å². The number of hydrogen-bond donors (Lipinski definition) is 2. The molecule has 0 aliphatic carbocycles. The summed E-state index contributed by atoms with van der Waals surface area (Å²) in [5.74, 6) is 0. The predicted molar refractivity (Wildman–Crippen MR) is 78.7 cm³/mol. The van der Waals surface area contributed by atoms with Gasteiger partial charge in [0.1, 0.15) is 0 Å². The third-order valence-corrected chi connectivity index (χ3v) is 2.64. The van der Waals surface area contributed by atoms with E-state index in [1.807, 2.05) is 18.3 Å². The monoisotopic (exact) mass is 299 g/mol. The van der Waals surface area contributed by atoms with Crippen molar-refractivity contribution in [2.45, 2.75) is 25.4 Å². The van der Waals surface area contributed by atoms with Crippen molar-refractivity contribution in [1.82, 2.24) is 15.6 Å².